The predicted octanol–water partition coefficient (Wildman–Crippen LogP) is 2.14. The first-order chi connectivity index (χ1) is 9.97. The Morgan fingerprint density at radius 2 is 2.00 bits per heavy atom. The van der Waals surface area contributed by atoms with Gasteiger partial charge >= 0.3 is 0 Å². The molecule has 2 atom stereocenters. The number of nitrogens with zero attached hydrogens (tertiary/aromatic N) is 1. The molecular formula is C17H26N2O2. The fraction of sp³-hybridized carbons (Fsp3) is 0.588. The van der Waals surface area contributed by atoms with Crippen molar-refractivity contribution in [1.82, 2.24) is 10.2 Å². The Bertz CT molecular complexity index is 481. The molecule has 0 aliphatic carbocycles. The molecule has 0 spiro atoms. The lowest BCUT2D eigenvalue weighted by atomic mass is 10.0. The van der Waals surface area contributed by atoms with E-state index in [0.717, 1.165) is 18.7 Å². The van der Waals surface area contributed by atoms with Crippen LogP contribution in [0.5, 0.6) is 5.75 Å². The maximum atomic E-state index is 12.3. The zero-order valence-corrected chi connectivity index (χ0v) is 13.5. The molecule has 0 aromatic heterocycles. The fourth-order valence-corrected chi connectivity index (χ4v) is 2.83. The molecule has 21 heavy (non-hydrogen) atoms. The van der Waals surface area contributed by atoms with Gasteiger partial charge in [0.15, 0.2) is 0 Å². The van der Waals surface area contributed by atoms with Gasteiger partial charge in [0.2, 0.25) is 5.91 Å². The summed E-state index contributed by atoms with van der Waals surface area (Å²) in [6.07, 6.45) is 1.07. The van der Waals surface area contributed by atoms with E-state index in [1.807, 2.05) is 19.2 Å². The lowest BCUT2D eigenvalue weighted by Gasteiger charge is -2.23. The summed E-state index contributed by atoms with van der Waals surface area (Å²) in [6.45, 7) is 8.31. The standard InChI is InChI=1S/C17H26N2O2/c1-12-9-13(2)11-15(10-12)21-8-7-19(4)17(20)16-14(3)5-6-18-16/h9-11,14,16,18H,5-8H2,1-4H3. The van der Waals surface area contributed by atoms with Gasteiger partial charge in [0, 0.05) is 7.05 Å². The van der Waals surface area contributed by atoms with Crippen LogP contribution < -0.4 is 10.1 Å². The first-order valence-corrected chi connectivity index (χ1v) is 7.67. The fourth-order valence-electron chi connectivity index (χ4n) is 2.83. The van der Waals surface area contributed by atoms with Crippen molar-refractivity contribution in [3.8, 4) is 5.75 Å². The van der Waals surface area contributed by atoms with Crippen molar-refractivity contribution in [2.75, 3.05) is 26.7 Å². The van der Waals surface area contributed by atoms with Crippen LogP contribution in [0.1, 0.15) is 24.5 Å². The zero-order chi connectivity index (χ0) is 15.4. The quantitative estimate of drug-likeness (QED) is 0.903. The smallest absolute Gasteiger partial charge is 0.239 e. The molecule has 4 nitrogen and oxygen atoms in total. The van der Waals surface area contributed by atoms with Gasteiger partial charge in [-0.25, -0.2) is 0 Å². The Morgan fingerprint density at radius 1 is 1.33 bits per heavy atom. The van der Waals surface area contributed by atoms with Crippen molar-refractivity contribution in [3.63, 3.8) is 0 Å². The van der Waals surface area contributed by atoms with Crippen molar-refractivity contribution < 1.29 is 9.53 Å². The maximum absolute atomic E-state index is 12.3. The maximum Gasteiger partial charge on any atom is 0.239 e. The molecule has 1 N–H and O–H groups in total. The van der Waals surface area contributed by atoms with Gasteiger partial charge in [-0.2, -0.15) is 0 Å². The van der Waals surface area contributed by atoms with Crippen LogP contribution in [0.15, 0.2) is 18.2 Å². The van der Waals surface area contributed by atoms with Gasteiger partial charge in [-0.05, 0) is 56.0 Å². The number of carbonyl (C=O) groups excluding carboxylic acids is 1. The normalized spacial score (nSPS) is 21.3. The highest BCUT2D eigenvalue weighted by Crippen LogP contribution is 2.17. The summed E-state index contributed by atoms with van der Waals surface area (Å²) in [5, 5.41) is 3.28. The molecule has 1 aromatic carbocycles. The van der Waals surface area contributed by atoms with E-state index in [-0.39, 0.29) is 11.9 Å². The minimum atomic E-state index is -0.0313. The van der Waals surface area contributed by atoms with Crippen LogP contribution in [0, 0.1) is 19.8 Å². The predicted molar refractivity (Wildman–Crippen MR) is 84.6 cm³/mol. The van der Waals surface area contributed by atoms with Crippen LogP contribution in [-0.2, 0) is 4.79 Å². The molecule has 1 aliphatic rings. The molecule has 4 heteroatoms. The number of hydrogen-bond acceptors (Lipinski definition) is 3. The largest absolute Gasteiger partial charge is 0.492 e. The third kappa shape index (κ3) is 4.21. The van der Waals surface area contributed by atoms with E-state index in [9.17, 15) is 4.79 Å². The van der Waals surface area contributed by atoms with Gasteiger partial charge < -0.3 is 15.0 Å². The summed E-state index contributed by atoms with van der Waals surface area (Å²) in [6, 6.07) is 6.14. The zero-order valence-electron chi connectivity index (χ0n) is 13.5. The van der Waals surface area contributed by atoms with Gasteiger partial charge in [-0.3, -0.25) is 4.79 Å². The van der Waals surface area contributed by atoms with Gasteiger partial charge in [-0.1, -0.05) is 13.0 Å². The third-order valence-corrected chi connectivity index (χ3v) is 4.07. The van der Waals surface area contributed by atoms with Gasteiger partial charge in [0.05, 0.1) is 12.6 Å². The van der Waals surface area contributed by atoms with E-state index in [0.29, 0.717) is 19.1 Å². The molecule has 0 bridgehead atoms. The lowest BCUT2D eigenvalue weighted by molar-refractivity contribution is -0.132. The SMILES string of the molecule is Cc1cc(C)cc(OCCN(C)C(=O)C2NCCC2C)c1. The summed E-state index contributed by atoms with van der Waals surface area (Å²) in [7, 11) is 1.85. The molecular weight excluding hydrogens is 264 g/mol. The van der Waals surface area contributed by atoms with E-state index in [1.165, 1.54) is 11.1 Å². The molecule has 1 aromatic rings. The van der Waals surface area contributed by atoms with Crippen molar-refractivity contribution in [2.45, 2.75) is 33.2 Å². The second-order valence-corrected chi connectivity index (χ2v) is 6.13. The van der Waals surface area contributed by atoms with Crippen LogP contribution in [-0.4, -0.2) is 43.6 Å². The van der Waals surface area contributed by atoms with E-state index in [4.69, 9.17) is 4.74 Å². The Morgan fingerprint density at radius 3 is 2.57 bits per heavy atom. The number of amides is 1. The van der Waals surface area contributed by atoms with Gasteiger partial charge in [-0.15, -0.1) is 0 Å². The number of carbonyl (C=O) groups is 1. The first kappa shape index (κ1) is 15.8. The highest BCUT2D eigenvalue weighted by Gasteiger charge is 2.31. The van der Waals surface area contributed by atoms with Crippen molar-refractivity contribution in [2.24, 2.45) is 5.92 Å². The summed E-state index contributed by atoms with van der Waals surface area (Å²) in [5.41, 5.74) is 2.39. The van der Waals surface area contributed by atoms with E-state index < -0.39 is 0 Å². The molecule has 1 heterocycles. The van der Waals surface area contributed by atoms with Crippen LogP contribution in [0.25, 0.3) is 0 Å². The monoisotopic (exact) mass is 290 g/mol. The Labute approximate surface area is 127 Å². The first-order valence-electron chi connectivity index (χ1n) is 7.67. The number of hydrogen-bond donors (Lipinski definition) is 1. The Hall–Kier alpha value is -1.55. The minimum absolute atomic E-state index is 0.0313. The van der Waals surface area contributed by atoms with E-state index >= 15 is 0 Å². The molecule has 0 radical (unpaired) electrons. The number of likely N-dealkylation sites (N-methyl/N-ethyl adjacent to an activating group) is 1. The van der Waals surface area contributed by atoms with Crippen LogP contribution in [0.2, 0.25) is 0 Å². The second-order valence-electron chi connectivity index (χ2n) is 6.13. The highest BCUT2D eigenvalue weighted by molar-refractivity contribution is 5.82. The second kappa shape index (κ2) is 6.94. The average molecular weight is 290 g/mol. The molecule has 116 valence electrons. The lowest BCUT2D eigenvalue weighted by Crippen LogP contribution is -2.45. The summed E-state index contributed by atoms with van der Waals surface area (Å²) < 4.78 is 5.76. The Kier molecular flexibility index (Phi) is 5.23. The van der Waals surface area contributed by atoms with Crippen LogP contribution in [0.4, 0.5) is 0 Å². The number of aryl methyl sites for hydroxylation is 2. The third-order valence-electron chi connectivity index (χ3n) is 4.07. The average Bonchev–Trinajstić information content (AvgIpc) is 2.83. The van der Waals surface area contributed by atoms with Crippen molar-refractivity contribution in [1.29, 1.82) is 0 Å². The number of nitrogens with one attached hydrogen (secondary N) is 1. The minimum Gasteiger partial charge on any atom is -0.492 e. The highest BCUT2D eigenvalue weighted by atomic mass is 16.5. The number of benzene rings is 1. The molecule has 1 amide bonds. The number of rotatable bonds is 5. The molecule has 2 unspecified atom stereocenters. The molecule has 0 saturated carbocycles. The molecule has 1 saturated heterocycles. The van der Waals surface area contributed by atoms with Crippen molar-refractivity contribution >= 4 is 5.91 Å². The number of ether oxygens (including phenoxy) is 1. The van der Waals surface area contributed by atoms with E-state index in [2.05, 4.69) is 32.2 Å². The van der Waals surface area contributed by atoms with Gasteiger partial charge in [0.25, 0.3) is 0 Å². The Balaban J connectivity index is 1.81. The molecule has 2 rings (SSSR count). The summed E-state index contributed by atoms with van der Waals surface area (Å²) in [5.74, 6) is 1.46. The summed E-state index contributed by atoms with van der Waals surface area (Å²) in [4.78, 5) is 14.1. The van der Waals surface area contributed by atoms with Crippen LogP contribution >= 0.6 is 0 Å². The van der Waals surface area contributed by atoms with E-state index in [1.54, 1.807) is 4.90 Å². The summed E-state index contributed by atoms with van der Waals surface area (Å²) >= 11 is 0. The van der Waals surface area contributed by atoms with Crippen molar-refractivity contribution in [3.05, 3.63) is 29.3 Å². The molecule has 1 aliphatic heterocycles. The topological polar surface area (TPSA) is 41.6 Å². The molecule has 1 fully saturated rings. The van der Waals surface area contributed by atoms with Crippen LogP contribution in [0.3, 0.4) is 0 Å². The van der Waals surface area contributed by atoms with Gasteiger partial charge in [0.1, 0.15) is 12.4 Å².